The van der Waals surface area contributed by atoms with Crippen LogP contribution in [0.1, 0.15) is 156 Å². The summed E-state index contributed by atoms with van der Waals surface area (Å²) in [7, 11) is 0. The molecule has 0 spiro atoms. The van der Waals surface area contributed by atoms with Gasteiger partial charge in [-0.2, -0.15) is 0 Å². The van der Waals surface area contributed by atoms with Crippen molar-refractivity contribution in [3.63, 3.8) is 0 Å². The summed E-state index contributed by atoms with van der Waals surface area (Å²) in [6.07, 6.45) is 18.7. The average molecular weight is 643 g/mol. The number of carbonyl (C=O) groups excluding carboxylic acids is 4. The van der Waals surface area contributed by atoms with E-state index in [1.807, 2.05) is 0 Å². The summed E-state index contributed by atoms with van der Waals surface area (Å²) in [5.41, 5.74) is 0. The predicted octanol–water partition coefficient (Wildman–Crippen LogP) is 6.56. The summed E-state index contributed by atoms with van der Waals surface area (Å²) in [4.78, 5) is 54.5. The molecule has 0 saturated heterocycles. The normalized spacial score (nSPS) is 33.2. The predicted molar refractivity (Wildman–Crippen MR) is 184 cm³/mol. The monoisotopic (exact) mass is 643 g/mol. The Labute approximate surface area is 279 Å². The second kappa shape index (κ2) is 18.4. The zero-order chi connectivity index (χ0) is 33.1. The molecule has 0 aromatic carbocycles. The number of amides is 4. The second-order valence-corrected chi connectivity index (χ2v) is 16.0. The molecule has 0 aromatic rings. The lowest BCUT2D eigenvalue weighted by molar-refractivity contribution is -0.133. The quantitative estimate of drug-likeness (QED) is 0.182. The number of rotatable bonds is 13. The first-order valence-electron chi connectivity index (χ1n) is 19.3. The molecule has 4 fully saturated rings. The van der Waals surface area contributed by atoms with Crippen molar-refractivity contribution < 1.29 is 19.2 Å². The van der Waals surface area contributed by atoms with Gasteiger partial charge in [0, 0.05) is 48.8 Å². The van der Waals surface area contributed by atoms with E-state index in [1.165, 1.54) is 25.7 Å². The Hall–Kier alpha value is -2.12. The molecule has 0 heterocycles. The van der Waals surface area contributed by atoms with Crippen molar-refractivity contribution in [1.82, 2.24) is 21.3 Å². The van der Waals surface area contributed by atoms with E-state index in [0.717, 1.165) is 77.0 Å². The van der Waals surface area contributed by atoms with E-state index in [4.69, 9.17) is 0 Å². The SMILES string of the molecule is CC1CCCCC1NC(=O)CC(CCC(CC(=O)NC1CCCCC1C)C(=O)NC1CCCCC1C)C(=O)NC1CCCCC1C. The van der Waals surface area contributed by atoms with Crippen LogP contribution in [0.15, 0.2) is 0 Å². The molecule has 10 unspecified atom stereocenters. The van der Waals surface area contributed by atoms with Crippen LogP contribution < -0.4 is 21.3 Å². The highest BCUT2D eigenvalue weighted by molar-refractivity contribution is 5.87. The maximum absolute atomic E-state index is 13.8. The minimum absolute atomic E-state index is 0.0725. The van der Waals surface area contributed by atoms with Gasteiger partial charge in [0.25, 0.3) is 0 Å². The van der Waals surface area contributed by atoms with Gasteiger partial charge in [-0.05, 0) is 87.9 Å². The molecule has 4 saturated carbocycles. The van der Waals surface area contributed by atoms with Gasteiger partial charge < -0.3 is 21.3 Å². The van der Waals surface area contributed by atoms with Crippen molar-refractivity contribution in [3.05, 3.63) is 0 Å². The third-order valence-corrected chi connectivity index (χ3v) is 12.3. The van der Waals surface area contributed by atoms with Crippen LogP contribution in [-0.2, 0) is 19.2 Å². The molecule has 10 atom stereocenters. The Balaban J connectivity index is 1.45. The molecular formula is C38H66N4O4. The third kappa shape index (κ3) is 11.2. The van der Waals surface area contributed by atoms with Gasteiger partial charge in [0.1, 0.15) is 0 Å². The number of carbonyl (C=O) groups is 4. The Morgan fingerprint density at radius 2 is 0.696 bits per heavy atom. The summed E-state index contributed by atoms with van der Waals surface area (Å²) in [5, 5.41) is 13.1. The second-order valence-electron chi connectivity index (χ2n) is 16.0. The Bertz CT molecular complexity index is 925. The van der Waals surface area contributed by atoms with Crippen LogP contribution in [0, 0.1) is 35.5 Å². The van der Waals surface area contributed by atoms with E-state index in [1.54, 1.807) is 0 Å². The maximum Gasteiger partial charge on any atom is 0.223 e. The van der Waals surface area contributed by atoms with Crippen molar-refractivity contribution in [3.8, 4) is 0 Å². The van der Waals surface area contributed by atoms with Crippen molar-refractivity contribution >= 4 is 23.6 Å². The zero-order valence-electron chi connectivity index (χ0n) is 29.5. The summed E-state index contributed by atoms with van der Waals surface area (Å²) in [5.74, 6) is 0.346. The molecule has 4 amide bonds. The fourth-order valence-electron chi connectivity index (χ4n) is 8.76. The molecule has 4 N–H and O–H groups in total. The summed E-state index contributed by atoms with van der Waals surface area (Å²) in [6.45, 7) is 8.81. The molecule has 0 aromatic heterocycles. The highest BCUT2D eigenvalue weighted by Gasteiger charge is 2.34. The molecule has 4 aliphatic rings. The third-order valence-electron chi connectivity index (χ3n) is 12.3. The van der Waals surface area contributed by atoms with Crippen LogP contribution >= 0.6 is 0 Å². The zero-order valence-corrected chi connectivity index (χ0v) is 29.5. The Morgan fingerprint density at radius 1 is 0.435 bits per heavy atom. The summed E-state index contributed by atoms with van der Waals surface area (Å²) in [6, 6.07) is 0.566. The molecular weight excluding hydrogens is 576 g/mol. The summed E-state index contributed by atoms with van der Waals surface area (Å²) < 4.78 is 0. The lowest BCUT2D eigenvalue weighted by Gasteiger charge is -2.33. The van der Waals surface area contributed by atoms with E-state index in [-0.39, 0.29) is 60.6 Å². The van der Waals surface area contributed by atoms with E-state index in [2.05, 4.69) is 49.0 Å². The van der Waals surface area contributed by atoms with Gasteiger partial charge in [-0.3, -0.25) is 19.2 Å². The number of hydrogen-bond acceptors (Lipinski definition) is 4. The number of nitrogens with one attached hydrogen (secondary N) is 4. The van der Waals surface area contributed by atoms with Crippen LogP contribution in [-0.4, -0.2) is 47.8 Å². The van der Waals surface area contributed by atoms with Crippen molar-refractivity contribution in [1.29, 1.82) is 0 Å². The minimum atomic E-state index is -0.529. The lowest BCUT2D eigenvalue weighted by atomic mass is 9.83. The molecule has 0 aliphatic heterocycles. The molecule has 262 valence electrons. The smallest absolute Gasteiger partial charge is 0.223 e. The van der Waals surface area contributed by atoms with E-state index in [9.17, 15) is 19.2 Å². The van der Waals surface area contributed by atoms with Crippen LogP contribution in [0.25, 0.3) is 0 Å². The average Bonchev–Trinajstić information content (AvgIpc) is 3.03. The van der Waals surface area contributed by atoms with Crippen LogP contribution in [0.3, 0.4) is 0 Å². The van der Waals surface area contributed by atoms with Gasteiger partial charge in [-0.15, -0.1) is 0 Å². The van der Waals surface area contributed by atoms with Gasteiger partial charge in [-0.1, -0.05) is 79.1 Å². The Morgan fingerprint density at radius 3 is 0.978 bits per heavy atom. The van der Waals surface area contributed by atoms with Gasteiger partial charge in [-0.25, -0.2) is 0 Å². The number of hydrogen-bond donors (Lipinski definition) is 4. The first-order chi connectivity index (χ1) is 22.1. The molecule has 46 heavy (non-hydrogen) atoms. The standard InChI is InChI=1S/C38H66N4O4/c1-25-13-5-9-17-31(25)39-35(43)23-29(37(45)41-33-19-11-7-15-27(33)3)21-22-30(38(46)42-34-20-12-8-16-28(34)4)24-36(44)40-32-18-10-6-14-26(32)2/h25-34H,5-24H2,1-4H3,(H,39,43)(H,40,44)(H,41,45)(H,42,46). The van der Waals surface area contributed by atoms with Crippen molar-refractivity contribution in [2.24, 2.45) is 35.5 Å². The highest BCUT2D eigenvalue weighted by Crippen LogP contribution is 2.29. The molecule has 0 bridgehead atoms. The van der Waals surface area contributed by atoms with Crippen LogP contribution in [0.5, 0.6) is 0 Å². The molecule has 4 rings (SSSR count). The van der Waals surface area contributed by atoms with Gasteiger partial charge in [0.2, 0.25) is 23.6 Å². The van der Waals surface area contributed by atoms with Crippen LogP contribution in [0.4, 0.5) is 0 Å². The fourth-order valence-corrected chi connectivity index (χ4v) is 8.76. The topological polar surface area (TPSA) is 116 Å². The Kier molecular flexibility index (Phi) is 14.7. The van der Waals surface area contributed by atoms with Gasteiger partial charge in [0.05, 0.1) is 0 Å². The molecule has 8 heteroatoms. The van der Waals surface area contributed by atoms with E-state index >= 15 is 0 Å². The fraction of sp³-hybridized carbons (Fsp3) is 0.895. The first kappa shape index (κ1) is 36.7. The molecule has 0 radical (unpaired) electrons. The van der Waals surface area contributed by atoms with E-state index < -0.39 is 11.8 Å². The summed E-state index contributed by atoms with van der Waals surface area (Å²) >= 11 is 0. The molecule has 4 aliphatic carbocycles. The van der Waals surface area contributed by atoms with Crippen molar-refractivity contribution in [2.75, 3.05) is 0 Å². The van der Waals surface area contributed by atoms with Crippen molar-refractivity contribution in [2.45, 2.75) is 180 Å². The molecule has 8 nitrogen and oxygen atoms in total. The minimum Gasteiger partial charge on any atom is -0.353 e. The van der Waals surface area contributed by atoms with Crippen LogP contribution in [0.2, 0.25) is 0 Å². The highest BCUT2D eigenvalue weighted by atomic mass is 16.2. The lowest BCUT2D eigenvalue weighted by Crippen LogP contribution is -2.47. The van der Waals surface area contributed by atoms with E-state index in [0.29, 0.717) is 36.5 Å². The largest absolute Gasteiger partial charge is 0.353 e. The van der Waals surface area contributed by atoms with Gasteiger partial charge in [0.15, 0.2) is 0 Å². The maximum atomic E-state index is 13.8. The van der Waals surface area contributed by atoms with Gasteiger partial charge >= 0.3 is 0 Å². The first-order valence-corrected chi connectivity index (χ1v) is 19.3.